The Hall–Kier alpha value is -3.75. The van der Waals surface area contributed by atoms with Crippen molar-refractivity contribution in [2.75, 3.05) is 45.1 Å². The van der Waals surface area contributed by atoms with Crippen LogP contribution >= 0.6 is 0 Å². The molecule has 0 atom stereocenters. The number of rotatable bonds is 6. The molecular formula is C27H28FN5O2. The normalized spacial score (nSPS) is 14.9. The van der Waals surface area contributed by atoms with Gasteiger partial charge in [0.15, 0.2) is 0 Å². The number of aromatic nitrogens is 2. The zero-order valence-electron chi connectivity index (χ0n) is 19.6. The minimum absolute atomic E-state index is 0.0737. The molecule has 0 aliphatic carbocycles. The lowest BCUT2D eigenvalue weighted by atomic mass is 10.1. The minimum Gasteiger partial charge on any atom is -0.507 e. The van der Waals surface area contributed by atoms with E-state index in [0.29, 0.717) is 22.4 Å². The molecule has 3 aromatic carbocycles. The molecule has 2 heterocycles. The number of aromatic amines is 1. The third-order valence-electron chi connectivity index (χ3n) is 6.48. The van der Waals surface area contributed by atoms with E-state index in [-0.39, 0.29) is 17.2 Å². The molecule has 1 saturated heterocycles. The predicted molar refractivity (Wildman–Crippen MR) is 135 cm³/mol. The van der Waals surface area contributed by atoms with Crippen LogP contribution in [0.15, 0.2) is 60.7 Å². The quantitative estimate of drug-likeness (QED) is 0.392. The van der Waals surface area contributed by atoms with Gasteiger partial charge < -0.3 is 25.2 Å². The van der Waals surface area contributed by atoms with Crippen LogP contribution in [0.25, 0.3) is 22.4 Å². The number of nitrogens with one attached hydrogen (secondary N) is 2. The van der Waals surface area contributed by atoms with E-state index in [9.17, 15) is 14.3 Å². The Labute approximate surface area is 203 Å². The van der Waals surface area contributed by atoms with Gasteiger partial charge in [-0.1, -0.05) is 12.1 Å². The summed E-state index contributed by atoms with van der Waals surface area (Å²) in [6.07, 6.45) is 0.984. The van der Waals surface area contributed by atoms with Gasteiger partial charge in [-0.25, -0.2) is 9.37 Å². The number of nitrogens with zero attached hydrogens (tertiary/aromatic N) is 3. The fourth-order valence-corrected chi connectivity index (χ4v) is 4.29. The first-order valence-corrected chi connectivity index (χ1v) is 11.7. The third kappa shape index (κ3) is 5.34. The molecule has 0 radical (unpaired) electrons. The lowest BCUT2D eigenvalue weighted by molar-refractivity contribution is 0.102. The Bertz CT molecular complexity index is 1340. The van der Waals surface area contributed by atoms with E-state index in [1.165, 1.54) is 23.8 Å². The summed E-state index contributed by atoms with van der Waals surface area (Å²) in [5, 5.41) is 13.0. The van der Waals surface area contributed by atoms with Crippen molar-refractivity contribution in [2.45, 2.75) is 6.42 Å². The SMILES string of the molecule is CN1CCN(CCc2ccc(NC(=O)c3ccc4nc(-c5cc(F)ccc5O)[nH]c4c3)cc2)CC1. The Morgan fingerprint density at radius 1 is 1.06 bits per heavy atom. The number of imidazole rings is 1. The number of anilines is 1. The number of carbonyl (C=O) groups is 1. The van der Waals surface area contributed by atoms with E-state index in [1.54, 1.807) is 18.2 Å². The highest BCUT2D eigenvalue weighted by Crippen LogP contribution is 2.29. The Morgan fingerprint density at radius 2 is 1.83 bits per heavy atom. The topological polar surface area (TPSA) is 84.5 Å². The van der Waals surface area contributed by atoms with Crippen LogP contribution in [-0.4, -0.2) is 70.6 Å². The lowest BCUT2D eigenvalue weighted by Gasteiger charge is -2.32. The molecule has 0 saturated carbocycles. The highest BCUT2D eigenvalue weighted by Gasteiger charge is 2.15. The third-order valence-corrected chi connectivity index (χ3v) is 6.48. The van der Waals surface area contributed by atoms with E-state index in [1.807, 2.05) is 12.1 Å². The van der Waals surface area contributed by atoms with E-state index in [4.69, 9.17) is 0 Å². The second-order valence-corrected chi connectivity index (χ2v) is 9.02. The molecule has 8 heteroatoms. The van der Waals surface area contributed by atoms with E-state index in [2.05, 4.69) is 44.3 Å². The smallest absolute Gasteiger partial charge is 0.255 e. The standard InChI is InChI=1S/C27H28FN5O2/c1-32-12-14-33(15-13-32)11-10-18-2-6-21(7-3-18)29-27(35)19-4-8-23-24(16-19)31-26(30-23)22-17-20(28)5-9-25(22)34/h2-9,16-17,34H,10-15H2,1H3,(H,29,35)(H,30,31). The van der Waals surface area contributed by atoms with Crippen molar-refractivity contribution in [2.24, 2.45) is 0 Å². The fourth-order valence-electron chi connectivity index (χ4n) is 4.29. The number of carbonyl (C=O) groups excluding carboxylic acids is 1. The number of phenolic OH excluding ortho intramolecular Hbond substituents is 1. The molecule has 1 amide bonds. The zero-order valence-corrected chi connectivity index (χ0v) is 19.6. The van der Waals surface area contributed by atoms with Crippen molar-refractivity contribution in [1.82, 2.24) is 19.8 Å². The zero-order chi connectivity index (χ0) is 24.4. The van der Waals surface area contributed by atoms with E-state index in [0.717, 1.165) is 44.8 Å². The number of amides is 1. The summed E-state index contributed by atoms with van der Waals surface area (Å²) in [6.45, 7) is 5.49. The van der Waals surface area contributed by atoms with E-state index < -0.39 is 5.82 Å². The number of hydrogen-bond acceptors (Lipinski definition) is 5. The van der Waals surface area contributed by atoms with Crippen molar-refractivity contribution in [3.05, 3.63) is 77.6 Å². The average molecular weight is 474 g/mol. The highest BCUT2D eigenvalue weighted by molar-refractivity contribution is 6.06. The molecule has 3 N–H and O–H groups in total. The summed E-state index contributed by atoms with van der Waals surface area (Å²) in [5.41, 5.74) is 3.94. The number of H-pyrrole nitrogens is 1. The van der Waals surface area contributed by atoms with Crippen LogP contribution in [0, 0.1) is 5.82 Å². The van der Waals surface area contributed by atoms with Gasteiger partial charge in [-0.3, -0.25) is 4.79 Å². The molecule has 5 rings (SSSR count). The van der Waals surface area contributed by atoms with Crippen molar-refractivity contribution in [1.29, 1.82) is 0 Å². The average Bonchev–Trinajstić information content (AvgIpc) is 3.29. The molecule has 4 aromatic rings. The molecule has 1 fully saturated rings. The number of aromatic hydroxyl groups is 1. The van der Waals surface area contributed by atoms with Gasteiger partial charge >= 0.3 is 0 Å². The van der Waals surface area contributed by atoms with Crippen LogP contribution in [0.5, 0.6) is 5.75 Å². The van der Waals surface area contributed by atoms with Gasteiger partial charge in [0, 0.05) is 44.0 Å². The molecule has 7 nitrogen and oxygen atoms in total. The van der Waals surface area contributed by atoms with E-state index >= 15 is 0 Å². The first kappa shape index (κ1) is 23.0. The Kier molecular flexibility index (Phi) is 6.48. The Balaban J connectivity index is 1.23. The van der Waals surface area contributed by atoms with Gasteiger partial charge in [0.1, 0.15) is 17.4 Å². The van der Waals surface area contributed by atoms with Crippen molar-refractivity contribution in [3.63, 3.8) is 0 Å². The molecular weight excluding hydrogens is 445 g/mol. The van der Waals surface area contributed by atoms with Gasteiger partial charge in [-0.15, -0.1) is 0 Å². The first-order valence-electron chi connectivity index (χ1n) is 11.7. The maximum absolute atomic E-state index is 13.6. The predicted octanol–water partition coefficient (Wildman–Crippen LogP) is 4.12. The summed E-state index contributed by atoms with van der Waals surface area (Å²) in [5.74, 6) is -0.442. The van der Waals surface area contributed by atoms with Crippen LogP contribution in [0.3, 0.4) is 0 Å². The van der Waals surface area contributed by atoms with Crippen LogP contribution in [0.2, 0.25) is 0 Å². The molecule has 180 valence electrons. The summed E-state index contributed by atoms with van der Waals surface area (Å²) >= 11 is 0. The van der Waals surface area contributed by atoms with Gasteiger partial charge in [0.05, 0.1) is 16.6 Å². The molecule has 0 bridgehead atoms. The largest absolute Gasteiger partial charge is 0.507 e. The summed E-state index contributed by atoms with van der Waals surface area (Å²) in [4.78, 5) is 25.2. The minimum atomic E-state index is -0.469. The number of phenols is 1. The number of benzene rings is 3. The van der Waals surface area contributed by atoms with Crippen LogP contribution in [0.4, 0.5) is 10.1 Å². The molecule has 0 spiro atoms. The van der Waals surface area contributed by atoms with Crippen LogP contribution in [-0.2, 0) is 6.42 Å². The number of piperazine rings is 1. The van der Waals surface area contributed by atoms with Gasteiger partial charge in [-0.2, -0.15) is 0 Å². The van der Waals surface area contributed by atoms with Crippen LogP contribution in [0.1, 0.15) is 15.9 Å². The lowest BCUT2D eigenvalue weighted by Crippen LogP contribution is -2.45. The van der Waals surface area contributed by atoms with Crippen molar-refractivity contribution in [3.8, 4) is 17.1 Å². The summed E-state index contributed by atoms with van der Waals surface area (Å²) < 4.78 is 13.6. The fraction of sp³-hybridized carbons (Fsp3) is 0.259. The van der Waals surface area contributed by atoms with Crippen molar-refractivity contribution < 1.29 is 14.3 Å². The van der Waals surface area contributed by atoms with Gasteiger partial charge in [-0.05, 0) is 67.6 Å². The Morgan fingerprint density at radius 3 is 2.60 bits per heavy atom. The summed E-state index contributed by atoms with van der Waals surface area (Å²) in [6, 6.07) is 16.8. The first-order chi connectivity index (χ1) is 16.9. The van der Waals surface area contributed by atoms with Crippen LogP contribution < -0.4 is 5.32 Å². The number of fused-ring (bicyclic) bond motifs is 1. The molecule has 1 aromatic heterocycles. The highest BCUT2D eigenvalue weighted by atomic mass is 19.1. The van der Waals surface area contributed by atoms with Gasteiger partial charge in [0.25, 0.3) is 5.91 Å². The molecule has 1 aliphatic rings. The second-order valence-electron chi connectivity index (χ2n) is 9.02. The van der Waals surface area contributed by atoms with Crippen molar-refractivity contribution >= 4 is 22.6 Å². The van der Waals surface area contributed by atoms with Gasteiger partial charge in [0.2, 0.25) is 0 Å². The number of hydrogen-bond donors (Lipinski definition) is 3. The maximum atomic E-state index is 13.6. The molecule has 0 unspecified atom stereocenters. The monoisotopic (exact) mass is 473 g/mol. The number of halogens is 1. The maximum Gasteiger partial charge on any atom is 0.255 e. The molecule has 1 aliphatic heterocycles. The summed E-state index contributed by atoms with van der Waals surface area (Å²) in [7, 11) is 2.16. The number of likely N-dealkylation sites (N-methyl/N-ethyl adjacent to an activating group) is 1. The second kappa shape index (κ2) is 9.85. The molecule has 35 heavy (non-hydrogen) atoms.